The van der Waals surface area contributed by atoms with Crippen LogP contribution in [0, 0.1) is 11.9 Å². The molecule has 1 aliphatic carbocycles. The molecule has 4 nitrogen and oxygen atoms in total. The molecular weight excluding hydrogens is 372 g/mol. The summed E-state index contributed by atoms with van der Waals surface area (Å²) in [7, 11) is -3.90. The minimum absolute atomic E-state index is 0.128. The lowest BCUT2D eigenvalue weighted by Crippen LogP contribution is -2.20. The maximum Gasteiger partial charge on any atom is 0.392 e. The Kier molecular flexibility index (Phi) is 4.61. The van der Waals surface area contributed by atoms with Crippen molar-refractivity contribution in [3.05, 3.63) is 59.7 Å². The van der Waals surface area contributed by atoms with Crippen LogP contribution in [0.15, 0.2) is 47.5 Å². The van der Waals surface area contributed by atoms with Crippen molar-refractivity contribution in [3.8, 4) is 0 Å². The normalized spacial score (nSPS) is 18.4. The number of rotatable bonds is 3. The summed E-state index contributed by atoms with van der Waals surface area (Å²) in [5, 5.41) is 5.04. The number of primary sulfonamides is 1. The lowest BCUT2D eigenvalue weighted by molar-refractivity contribution is -0.170. The lowest BCUT2D eigenvalue weighted by Gasteiger charge is -2.14. The molecule has 3 rings (SSSR count). The second-order valence-corrected chi connectivity index (χ2v) is 7.60. The number of hydrogen-bond donors (Lipinski definition) is 1. The lowest BCUT2D eigenvalue weighted by atomic mass is 9.98. The Labute approximate surface area is 147 Å². The van der Waals surface area contributed by atoms with E-state index in [9.17, 15) is 26.0 Å². The van der Waals surface area contributed by atoms with Gasteiger partial charge in [-0.15, -0.1) is 0 Å². The molecule has 26 heavy (non-hydrogen) atoms. The van der Waals surface area contributed by atoms with Crippen molar-refractivity contribution >= 4 is 21.2 Å². The highest BCUT2D eigenvalue weighted by Gasteiger charge is 2.44. The van der Waals surface area contributed by atoms with Crippen LogP contribution in [-0.2, 0) is 10.0 Å². The molecule has 1 aromatic heterocycles. The number of halogens is 4. The zero-order valence-corrected chi connectivity index (χ0v) is 14.1. The first kappa shape index (κ1) is 18.5. The molecule has 138 valence electrons. The second kappa shape index (κ2) is 6.48. The molecule has 2 aromatic rings. The van der Waals surface area contributed by atoms with Crippen LogP contribution in [-0.4, -0.2) is 19.6 Å². The predicted molar refractivity (Wildman–Crippen MR) is 87.6 cm³/mol. The number of benzene rings is 1. The van der Waals surface area contributed by atoms with Crippen molar-refractivity contribution in [2.45, 2.75) is 23.9 Å². The van der Waals surface area contributed by atoms with Crippen LogP contribution in [0.1, 0.15) is 24.0 Å². The van der Waals surface area contributed by atoms with Gasteiger partial charge in [-0.3, -0.25) is 0 Å². The van der Waals surface area contributed by atoms with E-state index in [1.54, 1.807) is 0 Å². The summed E-state index contributed by atoms with van der Waals surface area (Å²) in [5.74, 6) is -2.28. The highest BCUT2D eigenvalue weighted by Crippen LogP contribution is 2.48. The van der Waals surface area contributed by atoms with Gasteiger partial charge in [0, 0.05) is 6.20 Å². The van der Waals surface area contributed by atoms with Crippen LogP contribution < -0.4 is 5.14 Å². The number of hydrogen-bond acceptors (Lipinski definition) is 3. The Morgan fingerprint density at radius 2 is 1.50 bits per heavy atom. The first-order chi connectivity index (χ1) is 12.1. The monoisotopic (exact) mass is 386 g/mol. The largest absolute Gasteiger partial charge is 0.392 e. The van der Waals surface area contributed by atoms with Gasteiger partial charge in [0.2, 0.25) is 16.0 Å². The molecule has 0 saturated heterocycles. The third-order valence-corrected chi connectivity index (χ3v) is 5.26. The van der Waals surface area contributed by atoms with Gasteiger partial charge in [-0.2, -0.15) is 17.6 Å². The van der Waals surface area contributed by atoms with Crippen LogP contribution in [0.25, 0.3) is 11.1 Å². The molecule has 0 spiro atoms. The third-order valence-electron chi connectivity index (χ3n) is 4.34. The molecule has 0 bridgehead atoms. The van der Waals surface area contributed by atoms with Gasteiger partial charge in [0.25, 0.3) is 0 Å². The van der Waals surface area contributed by atoms with Crippen molar-refractivity contribution in [1.82, 2.24) is 4.98 Å². The number of aromatic nitrogens is 1. The van der Waals surface area contributed by atoms with E-state index in [2.05, 4.69) is 4.98 Å². The molecule has 0 saturated carbocycles. The smallest absolute Gasteiger partial charge is 0.228 e. The van der Waals surface area contributed by atoms with Crippen molar-refractivity contribution in [1.29, 1.82) is 0 Å². The topological polar surface area (TPSA) is 73.1 Å². The molecule has 1 atom stereocenters. The Hall–Kier alpha value is -2.26. The molecule has 1 unspecified atom stereocenters. The average molecular weight is 386 g/mol. The fraction of sp³-hybridized carbons (Fsp3) is 0.235. The minimum atomic E-state index is -4.37. The van der Waals surface area contributed by atoms with Gasteiger partial charge >= 0.3 is 6.18 Å². The highest BCUT2D eigenvalue weighted by atomic mass is 32.2. The van der Waals surface area contributed by atoms with Gasteiger partial charge in [-0.05, 0) is 59.4 Å². The van der Waals surface area contributed by atoms with Gasteiger partial charge in [-0.1, -0.05) is 12.1 Å². The zero-order chi connectivity index (χ0) is 19.1. The number of nitrogens with zero attached hydrogens (tertiary/aromatic N) is 1. The number of allylic oxidation sites excluding steroid dienone is 2. The zero-order valence-electron chi connectivity index (χ0n) is 13.3. The summed E-state index contributed by atoms with van der Waals surface area (Å²) in [4.78, 5) is 3.38. The quantitative estimate of drug-likeness (QED) is 0.645. The van der Waals surface area contributed by atoms with E-state index >= 15 is 0 Å². The number of alkyl halides is 3. The molecule has 0 amide bonds. The third kappa shape index (κ3) is 3.78. The maximum absolute atomic E-state index is 13.2. The summed E-state index contributed by atoms with van der Waals surface area (Å²) in [5.41, 5.74) is 1.72. The fourth-order valence-electron chi connectivity index (χ4n) is 3.03. The second-order valence-electron chi connectivity index (χ2n) is 6.04. The maximum atomic E-state index is 13.2. The summed E-state index contributed by atoms with van der Waals surface area (Å²) >= 11 is 0. The van der Waals surface area contributed by atoms with Gasteiger partial charge in [0.1, 0.15) is 0 Å². The predicted octanol–water partition coefficient (Wildman–Crippen LogP) is 3.75. The van der Waals surface area contributed by atoms with E-state index in [-0.39, 0.29) is 17.7 Å². The minimum Gasteiger partial charge on any atom is -0.228 e. The molecule has 0 radical (unpaired) electrons. The van der Waals surface area contributed by atoms with Crippen LogP contribution in [0.3, 0.4) is 0 Å². The van der Waals surface area contributed by atoms with Gasteiger partial charge < -0.3 is 0 Å². The molecule has 0 aliphatic heterocycles. The van der Waals surface area contributed by atoms with Crippen molar-refractivity contribution < 1.29 is 26.0 Å². The molecule has 1 aromatic carbocycles. The number of sulfonamides is 1. The van der Waals surface area contributed by atoms with E-state index in [4.69, 9.17) is 5.14 Å². The standard InChI is InChI=1S/C17H14F4N2O2S/c18-16-6-3-11(9-23-16)15-8-12(17(19,20)21)7-14(15)10-1-4-13(5-2-10)26(22,24)25/h1-6,9,12H,7-8H2,(H2,22,24,25). The van der Waals surface area contributed by atoms with Crippen LogP contribution in [0.5, 0.6) is 0 Å². The van der Waals surface area contributed by atoms with E-state index in [1.807, 2.05) is 0 Å². The van der Waals surface area contributed by atoms with Gasteiger partial charge in [0.05, 0.1) is 10.8 Å². The molecule has 2 N–H and O–H groups in total. The van der Waals surface area contributed by atoms with E-state index in [1.165, 1.54) is 36.5 Å². The van der Waals surface area contributed by atoms with Crippen LogP contribution >= 0.6 is 0 Å². The summed E-state index contributed by atoms with van der Waals surface area (Å²) in [6.45, 7) is 0. The molecule has 9 heteroatoms. The van der Waals surface area contributed by atoms with Gasteiger partial charge in [0.15, 0.2) is 0 Å². The summed E-state index contributed by atoms with van der Waals surface area (Å²) < 4.78 is 75.4. The Morgan fingerprint density at radius 3 is 1.96 bits per heavy atom. The first-order valence-electron chi connectivity index (χ1n) is 7.59. The summed E-state index contributed by atoms with van der Waals surface area (Å²) in [6, 6.07) is 7.81. The molecular formula is C17H14F4N2O2S. The van der Waals surface area contributed by atoms with Crippen molar-refractivity contribution in [2.24, 2.45) is 11.1 Å². The Balaban J connectivity index is 2.06. The van der Waals surface area contributed by atoms with Crippen LogP contribution in [0.4, 0.5) is 17.6 Å². The SMILES string of the molecule is NS(=O)(=O)c1ccc(C2=C(c3ccc(F)nc3)CC(C(F)(F)F)C2)cc1. The van der Waals surface area contributed by atoms with Gasteiger partial charge in [-0.25, -0.2) is 18.5 Å². The fourth-order valence-corrected chi connectivity index (χ4v) is 3.54. The molecule has 1 heterocycles. The average Bonchev–Trinajstić information content (AvgIpc) is 3.00. The van der Waals surface area contributed by atoms with Crippen molar-refractivity contribution in [2.75, 3.05) is 0 Å². The highest BCUT2D eigenvalue weighted by molar-refractivity contribution is 7.89. The van der Waals surface area contributed by atoms with E-state index in [0.717, 1.165) is 6.07 Å². The first-order valence-corrected chi connectivity index (χ1v) is 9.14. The molecule has 0 fully saturated rings. The van der Waals surface area contributed by atoms with Crippen molar-refractivity contribution in [3.63, 3.8) is 0 Å². The summed E-state index contributed by atoms with van der Waals surface area (Å²) in [6.07, 6.45) is -3.67. The van der Waals surface area contributed by atoms with E-state index in [0.29, 0.717) is 22.3 Å². The number of nitrogens with two attached hydrogens (primary N) is 1. The number of pyridine rings is 1. The van der Waals surface area contributed by atoms with E-state index < -0.39 is 28.1 Å². The molecule has 1 aliphatic rings. The van der Waals surface area contributed by atoms with Crippen LogP contribution in [0.2, 0.25) is 0 Å². The Bertz CT molecular complexity index is 950. The Morgan fingerprint density at radius 1 is 0.962 bits per heavy atom.